The van der Waals surface area contributed by atoms with Crippen LogP contribution in [0.15, 0.2) is 52.9 Å². The second-order valence-corrected chi connectivity index (χ2v) is 5.85. The van der Waals surface area contributed by atoms with Gasteiger partial charge < -0.3 is 14.8 Å². The Labute approximate surface area is 144 Å². The average Bonchev–Trinajstić information content (AvgIpc) is 3.02. The number of carbonyl (C=O) groups excluding carboxylic acids is 1. The zero-order valence-corrected chi connectivity index (χ0v) is 13.9. The van der Waals surface area contributed by atoms with Gasteiger partial charge in [0.1, 0.15) is 5.76 Å². The highest BCUT2D eigenvalue weighted by molar-refractivity contribution is 6.00. The Morgan fingerprint density at radius 3 is 2.40 bits per heavy atom. The van der Waals surface area contributed by atoms with Crippen LogP contribution in [-0.4, -0.2) is 17.4 Å². The molecular formula is C20H17NO4. The van der Waals surface area contributed by atoms with Crippen molar-refractivity contribution in [2.75, 3.05) is 5.32 Å². The largest absolute Gasteiger partial charge is 0.478 e. The summed E-state index contributed by atoms with van der Waals surface area (Å²) in [5.74, 6) is -0.430. The lowest BCUT2D eigenvalue weighted by Gasteiger charge is -2.15. The van der Waals surface area contributed by atoms with Crippen molar-refractivity contribution in [3.8, 4) is 11.3 Å². The number of benzene rings is 2. The third-order valence-electron chi connectivity index (χ3n) is 3.79. The number of anilines is 2. The van der Waals surface area contributed by atoms with E-state index in [1.54, 1.807) is 24.3 Å². The summed E-state index contributed by atoms with van der Waals surface area (Å²) in [7, 11) is 0. The first-order chi connectivity index (χ1) is 12.0. The van der Waals surface area contributed by atoms with Gasteiger partial charge in [-0.25, -0.2) is 4.79 Å². The molecule has 2 aromatic carbocycles. The van der Waals surface area contributed by atoms with Crippen LogP contribution in [0.4, 0.5) is 11.4 Å². The monoisotopic (exact) mass is 335 g/mol. The fourth-order valence-electron chi connectivity index (χ4n) is 2.82. The van der Waals surface area contributed by atoms with E-state index in [0.717, 1.165) is 16.8 Å². The van der Waals surface area contributed by atoms with Crippen molar-refractivity contribution >= 4 is 23.6 Å². The van der Waals surface area contributed by atoms with Crippen LogP contribution in [0.3, 0.4) is 0 Å². The summed E-state index contributed by atoms with van der Waals surface area (Å²) in [4.78, 5) is 22.5. The highest BCUT2D eigenvalue weighted by Crippen LogP contribution is 2.34. The fraction of sp³-hybridized carbons (Fsp3) is 0.100. The molecule has 0 unspecified atom stereocenters. The van der Waals surface area contributed by atoms with Gasteiger partial charge in [0.2, 0.25) is 0 Å². The molecule has 3 aromatic rings. The van der Waals surface area contributed by atoms with E-state index in [2.05, 4.69) is 5.32 Å². The first-order valence-electron chi connectivity index (χ1n) is 7.75. The Morgan fingerprint density at radius 1 is 1.08 bits per heavy atom. The molecule has 5 heteroatoms. The van der Waals surface area contributed by atoms with E-state index in [1.165, 1.54) is 6.07 Å². The minimum atomic E-state index is -1.05. The molecule has 0 saturated carbocycles. The molecule has 0 atom stereocenters. The maximum atomic E-state index is 11.7. The summed E-state index contributed by atoms with van der Waals surface area (Å²) >= 11 is 0. The first kappa shape index (κ1) is 16.5. The summed E-state index contributed by atoms with van der Waals surface area (Å²) in [5.41, 5.74) is 4.05. The molecule has 1 aromatic heterocycles. The second kappa shape index (κ2) is 6.65. The summed E-state index contributed by atoms with van der Waals surface area (Å²) in [5, 5.41) is 12.7. The van der Waals surface area contributed by atoms with Crippen LogP contribution in [0, 0.1) is 13.8 Å². The van der Waals surface area contributed by atoms with Gasteiger partial charge in [-0.2, -0.15) is 0 Å². The smallest absolute Gasteiger partial charge is 0.337 e. The number of rotatable bonds is 5. The lowest BCUT2D eigenvalue weighted by Crippen LogP contribution is -2.04. The van der Waals surface area contributed by atoms with Gasteiger partial charge in [-0.3, -0.25) is 4.79 Å². The predicted octanol–water partition coefficient (Wildman–Crippen LogP) is 4.82. The topological polar surface area (TPSA) is 79.5 Å². The van der Waals surface area contributed by atoms with Gasteiger partial charge in [-0.1, -0.05) is 12.1 Å². The summed E-state index contributed by atoms with van der Waals surface area (Å²) in [6.07, 6.45) is 0.613. The molecule has 2 N–H and O–H groups in total. The minimum absolute atomic E-state index is 0.126. The normalized spacial score (nSPS) is 10.5. The van der Waals surface area contributed by atoms with Gasteiger partial charge in [0.15, 0.2) is 12.0 Å². The lowest BCUT2D eigenvalue weighted by atomic mass is 10.0. The van der Waals surface area contributed by atoms with Gasteiger partial charge in [0.05, 0.1) is 11.3 Å². The van der Waals surface area contributed by atoms with Crippen molar-refractivity contribution in [2.45, 2.75) is 13.8 Å². The molecule has 5 nitrogen and oxygen atoms in total. The Kier molecular flexibility index (Phi) is 4.39. The average molecular weight is 335 g/mol. The molecule has 0 fully saturated rings. The van der Waals surface area contributed by atoms with Crippen LogP contribution in [0.2, 0.25) is 0 Å². The van der Waals surface area contributed by atoms with E-state index in [9.17, 15) is 14.7 Å². The van der Waals surface area contributed by atoms with Crippen molar-refractivity contribution in [1.82, 2.24) is 0 Å². The SMILES string of the molecule is Cc1cc(C)cc(Nc2c(C(=O)O)cccc2-c2ccc(C=O)o2)c1. The van der Waals surface area contributed by atoms with E-state index in [4.69, 9.17) is 4.42 Å². The molecule has 25 heavy (non-hydrogen) atoms. The van der Waals surface area contributed by atoms with Gasteiger partial charge in [-0.05, 0) is 61.4 Å². The number of carboxylic acid groups (broad SMARTS) is 1. The number of nitrogens with one attached hydrogen (secondary N) is 1. The lowest BCUT2D eigenvalue weighted by molar-refractivity contribution is 0.0698. The Bertz CT molecular complexity index is 936. The highest BCUT2D eigenvalue weighted by atomic mass is 16.4. The van der Waals surface area contributed by atoms with E-state index >= 15 is 0 Å². The Balaban J connectivity index is 2.14. The predicted molar refractivity (Wildman–Crippen MR) is 95.7 cm³/mol. The van der Waals surface area contributed by atoms with E-state index < -0.39 is 5.97 Å². The standard InChI is InChI=1S/C20H17NO4/c1-12-8-13(2)10-14(9-12)21-19-16(4-3-5-17(19)20(23)24)18-7-6-15(11-22)25-18/h3-11,21H,1-2H3,(H,23,24). The fourth-order valence-corrected chi connectivity index (χ4v) is 2.82. The number of furan rings is 1. The van der Waals surface area contributed by atoms with Crippen LogP contribution >= 0.6 is 0 Å². The quantitative estimate of drug-likeness (QED) is 0.654. The molecule has 0 radical (unpaired) electrons. The van der Waals surface area contributed by atoms with Crippen LogP contribution in [-0.2, 0) is 0 Å². The molecular weight excluding hydrogens is 318 g/mol. The van der Waals surface area contributed by atoms with Crippen molar-refractivity contribution < 1.29 is 19.1 Å². The molecule has 3 rings (SSSR count). The molecule has 126 valence electrons. The number of aldehydes is 1. The summed E-state index contributed by atoms with van der Waals surface area (Å²) in [6, 6.07) is 14.1. The molecule has 0 aliphatic heterocycles. The summed E-state index contributed by atoms with van der Waals surface area (Å²) in [6.45, 7) is 3.95. The van der Waals surface area contributed by atoms with Crippen LogP contribution in [0.25, 0.3) is 11.3 Å². The molecule has 0 aliphatic rings. The van der Waals surface area contributed by atoms with Crippen molar-refractivity contribution in [3.63, 3.8) is 0 Å². The number of aryl methyl sites for hydroxylation is 2. The van der Waals surface area contributed by atoms with Crippen LogP contribution < -0.4 is 5.32 Å². The number of para-hydroxylation sites is 1. The Hall–Kier alpha value is -3.34. The van der Waals surface area contributed by atoms with Gasteiger partial charge in [0.25, 0.3) is 0 Å². The number of carboxylic acids is 1. The first-order valence-corrected chi connectivity index (χ1v) is 7.75. The van der Waals surface area contributed by atoms with Crippen molar-refractivity contribution in [3.05, 3.63) is 71.0 Å². The molecule has 0 amide bonds. The number of aromatic carboxylic acids is 1. The van der Waals surface area contributed by atoms with Crippen LogP contribution in [0.1, 0.15) is 32.0 Å². The van der Waals surface area contributed by atoms with Crippen LogP contribution in [0.5, 0.6) is 0 Å². The minimum Gasteiger partial charge on any atom is -0.478 e. The third kappa shape index (κ3) is 3.45. The molecule has 0 aliphatic carbocycles. The second-order valence-electron chi connectivity index (χ2n) is 5.85. The maximum Gasteiger partial charge on any atom is 0.337 e. The van der Waals surface area contributed by atoms with Gasteiger partial charge in [-0.15, -0.1) is 0 Å². The molecule has 1 heterocycles. The zero-order chi connectivity index (χ0) is 18.0. The van der Waals surface area contributed by atoms with Crippen molar-refractivity contribution in [1.29, 1.82) is 0 Å². The van der Waals surface area contributed by atoms with Gasteiger partial charge in [0, 0.05) is 11.3 Å². The zero-order valence-electron chi connectivity index (χ0n) is 13.9. The Morgan fingerprint density at radius 2 is 1.80 bits per heavy atom. The molecule has 0 bridgehead atoms. The van der Waals surface area contributed by atoms with E-state index in [0.29, 0.717) is 23.3 Å². The van der Waals surface area contributed by atoms with Gasteiger partial charge >= 0.3 is 5.97 Å². The van der Waals surface area contributed by atoms with E-state index in [-0.39, 0.29) is 11.3 Å². The number of hydrogen-bond acceptors (Lipinski definition) is 4. The highest BCUT2D eigenvalue weighted by Gasteiger charge is 2.18. The molecule has 0 spiro atoms. The number of carbonyl (C=O) groups is 2. The maximum absolute atomic E-state index is 11.7. The summed E-state index contributed by atoms with van der Waals surface area (Å²) < 4.78 is 5.48. The van der Waals surface area contributed by atoms with E-state index in [1.807, 2.05) is 32.0 Å². The van der Waals surface area contributed by atoms with Crippen molar-refractivity contribution in [2.24, 2.45) is 0 Å². The number of hydrogen-bond donors (Lipinski definition) is 2. The molecule has 0 saturated heterocycles. The third-order valence-corrected chi connectivity index (χ3v) is 3.79.